The summed E-state index contributed by atoms with van der Waals surface area (Å²) < 4.78 is 0. The van der Waals surface area contributed by atoms with Gasteiger partial charge in [0, 0.05) is 0 Å². The fourth-order valence-electron chi connectivity index (χ4n) is 2.04. The molecule has 0 amide bonds. The first kappa shape index (κ1) is 12.6. The van der Waals surface area contributed by atoms with Crippen LogP contribution in [0.15, 0.2) is 48.5 Å². The van der Waals surface area contributed by atoms with Gasteiger partial charge in [-0.2, -0.15) is 0 Å². The topological polar surface area (TPSA) is 20.2 Å². The van der Waals surface area contributed by atoms with Crippen LogP contribution < -0.4 is 0 Å². The molecule has 18 heavy (non-hydrogen) atoms. The van der Waals surface area contributed by atoms with Crippen molar-refractivity contribution in [3.8, 4) is 0 Å². The predicted molar refractivity (Wildman–Crippen MR) is 77.3 cm³/mol. The summed E-state index contributed by atoms with van der Waals surface area (Å²) in [5.74, 6) is 0. The highest BCUT2D eigenvalue weighted by molar-refractivity contribution is 5.83. The Hall–Kier alpha value is -1.86. The molecule has 0 atom stereocenters. The third-order valence-corrected chi connectivity index (χ3v) is 3.05. The molecular formula is C17H18O. The molecule has 0 unspecified atom stereocenters. The highest BCUT2D eigenvalue weighted by Crippen LogP contribution is 2.22. The van der Waals surface area contributed by atoms with E-state index in [0.717, 1.165) is 16.7 Å². The number of rotatable bonds is 3. The zero-order chi connectivity index (χ0) is 13.0. The summed E-state index contributed by atoms with van der Waals surface area (Å²) in [5.41, 5.74) is 5.60. The largest absolute Gasteiger partial charge is 0.392 e. The average Bonchev–Trinajstić information content (AvgIpc) is 2.40. The zero-order valence-electron chi connectivity index (χ0n) is 10.9. The van der Waals surface area contributed by atoms with Crippen LogP contribution in [-0.4, -0.2) is 11.7 Å². The monoisotopic (exact) mass is 238 g/mol. The fraction of sp³-hybridized carbons (Fsp3) is 0.176. The molecule has 0 heterocycles. The first-order valence-electron chi connectivity index (χ1n) is 6.15. The van der Waals surface area contributed by atoms with Crippen LogP contribution in [0.1, 0.15) is 22.3 Å². The molecule has 0 aliphatic carbocycles. The standard InChI is InChI=1S/C17H18O/c1-13-8-9-14(2)17(10-13)16(12-18)11-15-6-4-3-5-7-15/h3-11,18H,12H2,1-2H3/b16-11-. The molecule has 0 saturated carbocycles. The Morgan fingerprint density at radius 1 is 1.06 bits per heavy atom. The van der Waals surface area contributed by atoms with Crippen LogP contribution in [0.2, 0.25) is 0 Å². The molecule has 2 rings (SSSR count). The van der Waals surface area contributed by atoms with Crippen LogP contribution in [0, 0.1) is 13.8 Å². The first-order valence-corrected chi connectivity index (χ1v) is 6.15. The zero-order valence-corrected chi connectivity index (χ0v) is 10.9. The third-order valence-electron chi connectivity index (χ3n) is 3.05. The molecule has 2 aromatic carbocycles. The number of aliphatic hydroxyl groups is 1. The Labute approximate surface area is 108 Å². The van der Waals surface area contributed by atoms with Crippen molar-refractivity contribution in [3.63, 3.8) is 0 Å². The summed E-state index contributed by atoms with van der Waals surface area (Å²) in [5, 5.41) is 9.59. The van der Waals surface area contributed by atoms with E-state index in [9.17, 15) is 5.11 Å². The molecule has 0 aliphatic rings. The molecule has 0 radical (unpaired) electrons. The van der Waals surface area contributed by atoms with E-state index in [0.29, 0.717) is 0 Å². The minimum absolute atomic E-state index is 0.0547. The number of hydrogen-bond donors (Lipinski definition) is 1. The molecule has 1 heteroatoms. The van der Waals surface area contributed by atoms with Gasteiger partial charge in [0.1, 0.15) is 0 Å². The van der Waals surface area contributed by atoms with E-state index < -0.39 is 0 Å². The van der Waals surface area contributed by atoms with Gasteiger partial charge in [-0.1, -0.05) is 54.1 Å². The summed E-state index contributed by atoms with van der Waals surface area (Å²) in [7, 11) is 0. The predicted octanol–water partition coefficient (Wildman–Crippen LogP) is 3.84. The molecule has 0 aromatic heterocycles. The van der Waals surface area contributed by atoms with E-state index in [2.05, 4.69) is 32.0 Å². The maximum Gasteiger partial charge on any atom is 0.0687 e. The van der Waals surface area contributed by atoms with Crippen molar-refractivity contribution in [2.24, 2.45) is 0 Å². The number of hydrogen-bond acceptors (Lipinski definition) is 1. The maximum absolute atomic E-state index is 9.59. The van der Waals surface area contributed by atoms with E-state index in [-0.39, 0.29) is 6.61 Å². The van der Waals surface area contributed by atoms with Crippen molar-refractivity contribution in [2.45, 2.75) is 13.8 Å². The second-order valence-electron chi connectivity index (χ2n) is 4.56. The van der Waals surface area contributed by atoms with Gasteiger partial charge >= 0.3 is 0 Å². The minimum atomic E-state index is 0.0547. The summed E-state index contributed by atoms with van der Waals surface area (Å²) in [4.78, 5) is 0. The maximum atomic E-state index is 9.59. The second-order valence-corrected chi connectivity index (χ2v) is 4.56. The lowest BCUT2D eigenvalue weighted by atomic mass is 9.97. The Balaban J connectivity index is 2.45. The van der Waals surface area contributed by atoms with Gasteiger partial charge in [0.05, 0.1) is 6.61 Å². The van der Waals surface area contributed by atoms with Crippen LogP contribution in [0.3, 0.4) is 0 Å². The highest BCUT2D eigenvalue weighted by atomic mass is 16.3. The summed E-state index contributed by atoms with van der Waals surface area (Å²) in [6.07, 6.45) is 2.04. The first-order chi connectivity index (χ1) is 8.70. The van der Waals surface area contributed by atoms with Crippen LogP contribution in [0.25, 0.3) is 11.6 Å². The van der Waals surface area contributed by atoms with Gasteiger partial charge in [0.2, 0.25) is 0 Å². The lowest BCUT2D eigenvalue weighted by Crippen LogP contribution is -1.94. The smallest absolute Gasteiger partial charge is 0.0687 e. The SMILES string of the molecule is Cc1ccc(C)c(/C(=C\c2ccccc2)CO)c1. The van der Waals surface area contributed by atoms with Gasteiger partial charge < -0.3 is 5.11 Å². The average molecular weight is 238 g/mol. The van der Waals surface area contributed by atoms with Crippen molar-refractivity contribution < 1.29 is 5.11 Å². The van der Waals surface area contributed by atoms with E-state index in [1.165, 1.54) is 11.1 Å². The van der Waals surface area contributed by atoms with Crippen LogP contribution in [0.5, 0.6) is 0 Å². The van der Waals surface area contributed by atoms with E-state index in [4.69, 9.17) is 0 Å². The number of aliphatic hydroxyl groups excluding tert-OH is 1. The van der Waals surface area contributed by atoms with Crippen molar-refractivity contribution >= 4 is 11.6 Å². The van der Waals surface area contributed by atoms with Gasteiger partial charge in [-0.05, 0) is 42.2 Å². The van der Waals surface area contributed by atoms with E-state index in [1.807, 2.05) is 36.4 Å². The number of benzene rings is 2. The Morgan fingerprint density at radius 3 is 2.44 bits per heavy atom. The normalized spacial score (nSPS) is 11.6. The van der Waals surface area contributed by atoms with Gasteiger partial charge in [-0.15, -0.1) is 0 Å². The Bertz CT molecular complexity index is 553. The van der Waals surface area contributed by atoms with Gasteiger partial charge in [0.15, 0.2) is 0 Å². The summed E-state index contributed by atoms with van der Waals surface area (Å²) >= 11 is 0. The molecule has 0 bridgehead atoms. The van der Waals surface area contributed by atoms with Gasteiger partial charge in [-0.3, -0.25) is 0 Å². The molecule has 0 aliphatic heterocycles. The molecule has 0 fully saturated rings. The molecule has 1 nitrogen and oxygen atoms in total. The lowest BCUT2D eigenvalue weighted by molar-refractivity contribution is 0.350. The molecule has 1 N–H and O–H groups in total. The second kappa shape index (κ2) is 5.65. The lowest BCUT2D eigenvalue weighted by Gasteiger charge is -2.10. The third kappa shape index (κ3) is 2.88. The molecule has 2 aromatic rings. The van der Waals surface area contributed by atoms with Gasteiger partial charge in [-0.25, -0.2) is 0 Å². The summed E-state index contributed by atoms with van der Waals surface area (Å²) in [6.45, 7) is 4.20. The van der Waals surface area contributed by atoms with Crippen molar-refractivity contribution in [2.75, 3.05) is 6.61 Å². The van der Waals surface area contributed by atoms with E-state index >= 15 is 0 Å². The summed E-state index contributed by atoms with van der Waals surface area (Å²) in [6, 6.07) is 16.4. The molecule has 0 saturated heterocycles. The molecular weight excluding hydrogens is 220 g/mol. The Morgan fingerprint density at radius 2 is 1.78 bits per heavy atom. The number of aryl methyl sites for hydroxylation is 2. The Kier molecular flexibility index (Phi) is 3.96. The van der Waals surface area contributed by atoms with Crippen molar-refractivity contribution in [1.29, 1.82) is 0 Å². The van der Waals surface area contributed by atoms with Crippen LogP contribution in [-0.2, 0) is 0 Å². The van der Waals surface area contributed by atoms with E-state index in [1.54, 1.807) is 0 Å². The van der Waals surface area contributed by atoms with Gasteiger partial charge in [0.25, 0.3) is 0 Å². The van der Waals surface area contributed by atoms with Crippen molar-refractivity contribution in [3.05, 3.63) is 70.8 Å². The highest BCUT2D eigenvalue weighted by Gasteiger charge is 2.04. The minimum Gasteiger partial charge on any atom is -0.392 e. The quantitative estimate of drug-likeness (QED) is 0.806. The fourth-order valence-corrected chi connectivity index (χ4v) is 2.04. The molecule has 0 spiro atoms. The molecule has 92 valence electrons. The van der Waals surface area contributed by atoms with Crippen molar-refractivity contribution in [1.82, 2.24) is 0 Å². The van der Waals surface area contributed by atoms with Crippen LogP contribution in [0.4, 0.5) is 0 Å². The van der Waals surface area contributed by atoms with Crippen LogP contribution >= 0.6 is 0 Å².